The van der Waals surface area contributed by atoms with Gasteiger partial charge in [0.05, 0.1) is 6.10 Å². The van der Waals surface area contributed by atoms with Crippen molar-refractivity contribution in [2.24, 2.45) is 0 Å². The summed E-state index contributed by atoms with van der Waals surface area (Å²) in [5, 5.41) is 3.50. The van der Waals surface area contributed by atoms with Gasteiger partial charge in [-0.2, -0.15) is 0 Å². The van der Waals surface area contributed by atoms with Crippen LogP contribution < -0.4 is 5.32 Å². The molecule has 2 heterocycles. The highest BCUT2D eigenvalue weighted by atomic mass is 16.5. The van der Waals surface area contributed by atoms with E-state index in [1.807, 2.05) is 0 Å². The lowest BCUT2D eigenvalue weighted by Crippen LogP contribution is -2.62. The molecule has 2 rings (SSSR count). The molecule has 0 aromatic rings. The Hall–Kier alpha value is -0.120. The van der Waals surface area contributed by atoms with Gasteiger partial charge in [0.2, 0.25) is 0 Å². The largest absolute Gasteiger partial charge is 0.378 e. The smallest absolute Gasteiger partial charge is 0.0587 e. The van der Waals surface area contributed by atoms with Crippen LogP contribution in [0.15, 0.2) is 0 Å². The highest BCUT2D eigenvalue weighted by molar-refractivity contribution is 4.93. The molecule has 16 heavy (non-hydrogen) atoms. The van der Waals surface area contributed by atoms with Crippen LogP contribution in [0, 0.1) is 0 Å². The molecule has 94 valence electrons. The Morgan fingerprint density at radius 2 is 2.25 bits per heavy atom. The molecule has 2 saturated heterocycles. The fraction of sp³-hybridized carbons (Fsp3) is 1.00. The molecule has 0 aliphatic carbocycles. The van der Waals surface area contributed by atoms with Crippen LogP contribution in [0.1, 0.15) is 40.0 Å². The fourth-order valence-corrected chi connectivity index (χ4v) is 3.10. The lowest BCUT2D eigenvalue weighted by atomic mass is 9.92. The first kappa shape index (κ1) is 12.3. The standard InChI is InChI=1S/C13H26N2O/c1-4-12-9-11(5-8-16-12)15-7-6-14-10-13(15,2)3/h11-12,14H,4-10H2,1-3H3. The van der Waals surface area contributed by atoms with Crippen molar-refractivity contribution in [2.75, 3.05) is 26.2 Å². The van der Waals surface area contributed by atoms with E-state index in [1.54, 1.807) is 0 Å². The third kappa shape index (κ3) is 2.58. The van der Waals surface area contributed by atoms with Crippen LogP contribution in [0.5, 0.6) is 0 Å². The van der Waals surface area contributed by atoms with E-state index in [0.29, 0.717) is 11.6 Å². The van der Waals surface area contributed by atoms with E-state index in [1.165, 1.54) is 19.4 Å². The van der Waals surface area contributed by atoms with Crippen molar-refractivity contribution >= 4 is 0 Å². The zero-order chi connectivity index (χ0) is 11.6. The summed E-state index contributed by atoms with van der Waals surface area (Å²) < 4.78 is 5.77. The van der Waals surface area contributed by atoms with Crippen LogP contribution in [0.2, 0.25) is 0 Å². The molecule has 2 aliphatic heterocycles. The molecule has 0 amide bonds. The molecule has 0 spiro atoms. The van der Waals surface area contributed by atoms with Crippen LogP contribution in [0.25, 0.3) is 0 Å². The predicted molar refractivity (Wildman–Crippen MR) is 66.7 cm³/mol. The van der Waals surface area contributed by atoms with Gasteiger partial charge in [-0.1, -0.05) is 6.92 Å². The average Bonchev–Trinajstić information content (AvgIpc) is 2.28. The highest BCUT2D eigenvalue weighted by Crippen LogP contribution is 2.27. The number of hydrogen-bond donors (Lipinski definition) is 1. The minimum Gasteiger partial charge on any atom is -0.378 e. The van der Waals surface area contributed by atoms with E-state index in [-0.39, 0.29) is 0 Å². The summed E-state index contributed by atoms with van der Waals surface area (Å²) in [5.74, 6) is 0. The van der Waals surface area contributed by atoms with Crippen molar-refractivity contribution in [3.8, 4) is 0 Å². The molecule has 3 nitrogen and oxygen atoms in total. The van der Waals surface area contributed by atoms with Gasteiger partial charge in [-0.25, -0.2) is 0 Å². The van der Waals surface area contributed by atoms with Gasteiger partial charge in [0, 0.05) is 37.8 Å². The second kappa shape index (κ2) is 5.03. The molecular formula is C13H26N2O. The van der Waals surface area contributed by atoms with Crippen LogP contribution in [-0.2, 0) is 4.74 Å². The maximum Gasteiger partial charge on any atom is 0.0587 e. The Morgan fingerprint density at radius 3 is 2.94 bits per heavy atom. The van der Waals surface area contributed by atoms with Gasteiger partial charge in [-0.3, -0.25) is 4.90 Å². The quantitative estimate of drug-likeness (QED) is 0.774. The van der Waals surface area contributed by atoms with Crippen LogP contribution >= 0.6 is 0 Å². The van der Waals surface area contributed by atoms with E-state index in [4.69, 9.17) is 4.74 Å². The summed E-state index contributed by atoms with van der Waals surface area (Å²) in [7, 11) is 0. The zero-order valence-electron chi connectivity index (χ0n) is 11.0. The normalized spacial score (nSPS) is 36.2. The topological polar surface area (TPSA) is 24.5 Å². The number of ether oxygens (including phenoxy) is 1. The van der Waals surface area contributed by atoms with E-state index in [9.17, 15) is 0 Å². The zero-order valence-corrected chi connectivity index (χ0v) is 11.0. The van der Waals surface area contributed by atoms with Crippen LogP contribution in [0.3, 0.4) is 0 Å². The summed E-state index contributed by atoms with van der Waals surface area (Å²) in [6.45, 7) is 11.3. The molecule has 0 bridgehead atoms. The molecule has 2 unspecified atom stereocenters. The monoisotopic (exact) mass is 226 g/mol. The van der Waals surface area contributed by atoms with Crippen molar-refractivity contribution < 1.29 is 4.74 Å². The van der Waals surface area contributed by atoms with E-state index < -0.39 is 0 Å². The minimum absolute atomic E-state index is 0.304. The molecule has 0 saturated carbocycles. The van der Waals surface area contributed by atoms with Gasteiger partial charge in [0.15, 0.2) is 0 Å². The Morgan fingerprint density at radius 1 is 1.44 bits per heavy atom. The van der Waals surface area contributed by atoms with Crippen molar-refractivity contribution in [2.45, 2.75) is 57.7 Å². The Bertz CT molecular complexity index is 230. The maximum atomic E-state index is 5.77. The van der Waals surface area contributed by atoms with Gasteiger partial charge in [0.1, 0.15) is 0 Å². The van der Waals surface area contributed by atoms with Crippen molar-refractivity contribution in [3.05, 3.63) is 0 Å². The lowest BCUT2D eigenvalue weighted by molar-refractivity contribution is -0.0579. The molecule has 0 radical (unpaired) electrons. The lowest BCUT2D eigenvalue weighted by Gasteiger charge is -2.49. The first-order valence-corrected chi connectivity index (χ1v) is 6.72. The number of hydrogen-bond acceptors (Lipinski definition) is 3. The molecule has 2 aliphatic rings. The fourth-order valence-electron chi connectivity index (χ4n) is 3.10. The van der Waals surface area contributed by atoms with Gasteiger partial charge in [-0.05, 0) is 33.1 Å². The van der Waals surface area contributed by atoms with Crippen molar-refractivity contribution in [3.63, 3.8) is 0 Å². The van der Waals surface area contributed by atoms with E-state index in [2.05, 4.69) is 31.0 Å². The first-order valence-electron chi connectivity index (χ1n) is 6.72. The van der Waals surface area contributed by atoms with Crippen molar-refractivity contribution in [1.29, 1.82) is 0 Å². The van der Waals surface area contributed by atoms with E-state index in [0.717, 1.165) is 32.2 Å². The van der Waals surface area contributed by atoms with Gasteiger partial charge in [0.25, 0.3) is 0 Å². The van der Waals surface area contributed by atoms with Gasteiger partial charge in [-0.15, -0.1) is 0 Å². The van der Waals surface area contributed by atoms with Gasteiger partial charge >= 0.3 is 0 Å². The highest BCUT2D eigenvalue weighted by Gasteiger charge is 2.36. The third-order valence-corrected chi connectivity index (χ3v) is 4.10. The first-order chi connectivity index (χ1) is 7.63. The maximum absolute atomic E-state index is 5.77. The molecule has 3 heteroatoms. The minimum atomic E-state index is 0.304. The van der Waals surface area contributed by atoms with E-state index >= 15 is 0 Å². The van der Waals surface area contributed by atoms with Crippen LogP contribution in [0.4, 0.5) is 0 Å². The molecule has 2 fully saturated rings. The Balaban J connectivity index is 1.99. The summed E-state index contributed by atoms with van der Waals surface area (Å²) in [5.41, 5.74) is 0.304. The Kier molecular flexibility index (Phi) is 3.88. The predicted octanol–water partition coefficient (Wildman–Crippen LogP) is 1.63. The summed E-state index contributed by atoms with van der Waals surface area (Å²) in [6, 6.07) is 0.732. The second-order valence-corrected chi connectivity index (χ2v) is 5.76. The van der Waals surface area contributed by atoms with Gasteiger partial charge < -0.3 is 10.1 Å². The summed E-state index contributed by atoms with van der Waals surface area (Å²) in [4.78, 5) is 2.70. The molecule has 0 aromatic heterocycles. The summed E-state index contributed by atoms with van der Waals surface area (Å²) >= 11 is 0. The summed E-state index contributed by atoms with van der Waals surface area (Å²) in [6.07, 6.45) is 4.08. The number of piperazine rings is 1. The Labute approximate surface area is 99.5 Å². The molecule has 0 aromatic carbocycles. The third-order valence-electron chi connectivity index (χ3n) is 4.10. The number of nitrogens with zero attached hydrogens (tertiary/aromatic N) is 1. The SMILES string of the molecule is CCC1CC(N2CCNCC2(C)C)CCO1. The molecular weight excluding hydrogens is 200 g/mol. The molecule has 1 N–H and O–H groups in total. The van der Waals surface area contributed by atoms with Crippen LogP contribution in [-0.4, -0.2) is 48.8 Å². The van der Waals surface area contributed by atoms with Crippen molar-refractivity contribution in [1.82, 2.24) is 10.2 Å². The number of rotatable bonds is 2. The average molecular weight is 226 g/mol. The second-order valence-electron chi connectivity index (χ2n) is 5.76. The number of nitrogens with one attached hydrogen (secondary N) is 1. The molecule has 2 atom stereocenters.